The largest absolute Gasteiger partial charge is 0.496 e. The summed E-state index contributed by atoms with van der Waals surface area (Å²) in [6, 6.07) is 7.75. The fraction of sp³-hybridized carbons (Fsp3) is 0.357. The van der Waals surface area contributed by atoms with Gasteiger partial charge in [0.25, 0.3) is 0 Å². The molecule has 1 aliphatic rings. The molecule has 0 radical (unpaired) electrons. The number of hydrogen-bond donors (Lipinski definition) is 0. The Balaban J connectivity index is 2.30. The average molecular weight is 231 g/mol. The number of carbonyl (C=O) groups is 1. The molecule has 2 rings (SSSR count). The number of likely N-dealkylation sites (N-methyl/N-ethyl adjacent to an activating group) is 1. The molecule has 0 aromatic heterocycles. The molecule has 1 aromatic rings. The Bertz CT molecular complexity index is 451. The van der Waals surface area contributed by atoms with Crippen molar-refractivity contribution in [2.24, 2.45) is 0 Å². The van der Waals surface area contributed by atoms with E-state index in [9.17, 15) is 4.79 Å². The Hall–Kier alpha value is -1.61. The zero-order valence-electron chi connectivity index (χ0n) is 10.3. The maximum absolute atomic E-state index is 11.8. The van der Waals surface area contributed by atoms with Crippen LogP contribution < -0.4 is 4.74 Å². The molecule has 3 nitrogen and oxygen atoms in total. The molecule has 1 aromatic carbocycles. The summed E-state index contributed by atoms with van der Waals surface area (Å²) in [6.45, 7) is 1.57. The highest BCUT2D eigenvalue weighted by Crippen LogP contribution is 2.22. The number of benzene rings is 1. The Kier molecular flexibility index (Phi) is 3.59. The first-order valence-electron chi connectivity index (χ1n) is 5.76. The van der Waals surface area contributed by atoms with Gasteiger partial charge in [-0.3, -0.25) is 4.79 Å². The van der Waals surface area contributed by atoms with Crippen LogP contribution >= 0.6 is 0 Å². The summed E-state index contributed by atoms with van der Waals surface area (Å²) in [6.07, 6.45) is 2.55. The minimum atomic E-state index is 0.244. The predicted octanol–water partition coefficient (Wildman–Crippen LogP) is 1.98. The van der Waals surface area contributed by atoms with Crippen molar-refractivity contribution in [3.63, 3.8) is 0 Å². The van der Waals surface area contributed by atoms with Crippen LogP contribution in [0.25, 0.3) is 6.08 Å². The Labute approximate surface area is 102 Å². The summed E-state index contributed by atoms with van der Waals surface area (Å²) in [4.78, 5) is 14.0. The second-order valence-electron chi connectivity index (χ2n) is 4.32. The van der Waals surface area contributed by atoms with Crippen LogP contribution in [-0.2, 0) is 4.79 Å². The molecule has 0 saturated carbocycles. The van der Waals surface area contributed by atoms with Crippen molar-refractivity contribution in [1.29, 1.82) is 0 Å². The molecule has 3 heteroatoms. The van der Waals surface area contributed by atoms with Gasteiger partial charge in [-0.2, -0.15) is 0 Å². The van der Waals surface area contributed by atoms with E-state index in [0.29, 0.717) is 6.42 Å². The zero-order valence-corrected chi connectivity index (χ0v) is 10.3. The molecule has 1 saturated heterocycles. The molecule has 17 heavy (non-hydrogen) atoms. The number of carbonyl (C=O) groups excluding carboxylic acids is 1. The average Bonchev–Trinajstić information content (AvgIpc) is 2.34. The number of piperidine rings is 1. The first-order valence-corrected chi connectivity index (χ1v) is 5.76. The van der Waals surface area contributed by atoms with E-state index in [0.717, 1.165) is 30.0 Å². The first kappa shape index (κ1) is 11.9. The summed E-state index contributed by atoms with van der Waals surface area (Å²) in [7, 11) is 3.68. The highest BCUT2D eigenvalue weighted by Gasteiger charge is 2.18. The second-order valence-corrected chi connectivity index (χ2v) is 4.32. The van der Waals surface area contributed by atoms with Crippen molar-refractivity contribution >= 4 is 11.9 Å². The minimum absolute atomic E-state index is 0.244. The molecule has 0 amide bonds. The number of para-hydroxylation sites is 1. The quantitative estimate of drug-likeness (QED) is 0.729. The first-order chi connectivity index (χ1) is 8.20. The van der Waals surface area contributed by atoms with Crippen LogP contribution in [0.4, 0.5) is 0 Å². The molecule has 1 heterocycles. The maximum atomic E-state index is 11.8. The number of likely N-dealkylation sites (tertiary alicyclic amines) is 1. The highest BCUT2D eigenvalue weighted by molar-refractivity contribution is 6.01. The molecule has 90 valence electrons. The third kappa shape index (κ3) is 2.74. The number of methoxy groups -OCH3 is 1. The van der Waals surface area contributed by atoms with Gasteiger partial charge in [0.05, 0.1) is 7.11 Å². The predicted molar refractivity (Wildman–Crippen MR) is 68.1 cm³/mol. The number of hydrogen-bond acceptors (Lipinski definition) is 3. The van der Waals surface area contributed by atoms with Crippen molar-refractivity contribution < 1.29 is 9.53 Å². The van der Waals surface area contributed by atoms with E-state index in [4.69, 9.17) is 4.74 Å². The fourth-order valence-corrected chi connectivity index (χ4v) is 2.01. The van der Waals surface area contributed by atoms with E-state index in [-0.39, 0.29) is 5.78 Å². The molecule has 0 bridgehead atoms. The van der Waals surface area contributed by atoms with Crippen LogP contribution in [0.5, 0.6) is 5.75 Å². The molecule has 1 fully saturated rings. The molecule has 0 unspecified atom stereocenters. The van der Waals surface area contributed by atoms with Gasteiger partial charge < -0.3 is 9.64 Å². The van der Waals surface area contributed by atoms with E-state index in [2.05, 4.69) is 4.90 Å². The van der Waals surface area contributed by atoms with Crippen molar-refractivity contribution in [2.75, 3.05) is 27.2 Å². The lowest BCUT2D eigenvalue weighted by molar-refractivity contribution is -0.117. The van der Waals surface area contributed by atoms with Crippen LogP contribution in [0.2, 0.25) is 0 Å². The van der Waals surface area contributed by atoms with Gasteiger partial charge in [-0.1, -0.05) is 18.2 Å². The van der Waals surface area contributed by atoms with Crippen molar-refractivity contribution in [3.05, 3.63) is 35.4 Å². The SMILES string of the molecule is COc1ccccc1/C=C1\CN(C)CCC1=O. The Morgan fingerprint density at radius 1 is 1.35 bits per heavy atom. The number of rotatable bonds is 2. The molecular formula is C14H17NO2. The van der Waals surface area contributed by atoms with Crippen LogP contribution in [0.1, 0.15) is 12.0 Å². The molecule has 0 atom stereocenters. The summed E-state index contributed by atoms with van der Waals surface area (Å²) < 4.78 is 5.28. The molecule has 0 N–H and O–H groups in total. The van der Waals surface area contributed by atoms with E-state index >= 15 is 0 Å². The van der Waals surface area contributed by atoms with Gasteiger partial charge in [0.2, 0.25) is 0 Å². The van der Waals surface area contributed by atoms with Gasteiger partial charge in [-0.25, -0.2) is 0 Å². The maximum Gasteiger partial charge on any atom is 0.161 e. The van der Waals surface area contributed by atoms with E-state index in [1.165, 1.54) is 0 Å². The van der Waals surface area contributed by atoms with Gasteiger partial charge in [-0.05, 0) is 19.2 Å². The second kappa shape index (κ2) is 5.15. The van der Waals surface area contributed by atoms with Gasteiger partial charge in [0.15, 0.2) is 5.78 Å². The lowest BCUT2D eigenvalue weighted by atomic mass is 10.0. The number of nitrogens with zero attached hydrogens (tertiary/aromatic N) is 1. The molecular weight excluding hydrogens is 214 g/mol. The molecule has 0 spiro atoms. The van der Waals surface area contributed by atoms with Gasteiger partial charge in [-0.15, -0.1) is 0 Å². The number of ketones is 1. The van der Waals surface area contributed by atoms with Crippen molar-refractivity contribution in [3.8, 4) is 5.75 Å². The number of Topliss-reactive ketones (excluding diaryl/α,β-unsaturated/α-hetero) is 1. The van der Waals surface area contributed by atoms with E-state index in [1.807, 2.05) is 37.4 Å². The standard InChI is InChI=1S/C14H17NO2/c1-15-8-7-13(16)12(10-15)9-11-5-3-4-6-14(11)17-2/h3-6,9H,7-8,10H2,1-2H3/b12-9+. The van der Waals surface area contributed by atoms with E-state index in [1.54, 1.807) is 7.11 Å². The lowest BCUT2D eigenvalue weighted by Gasteiger charge is -2.23. The van der Waals surface area contributed by atoms with Gasteiger partial charge in [0, 0.05) is 30.6 Å². The van der Waals surface area contributed by atoms with Crippen molar-refractivity contribution in [1.82, 2.24) is 4.90 Å². The van der Waals surface area contributed by atoms with Crippen LogP contribution in [-0.4, -0.2) is 37.9 Å². The summed E-state index contributed by atoms with van der Waals surface area (Å²) in [5.74, 6) is 1.05. The normalized spacial score (nSPS) is 19.6. The number of ether oxygens (including phenoxy) is 1. The van der Waals surface area contributed by atoms with Gasteiger partial charge >= 0.3 is 0 Å². The van der Waals surface area contributed by atoms with E-state index < -0.39 is 0 Å². The smallest absolute Gasteiger partial charge is 0.161 e. The highest BCUT2D eigenvalue weighted by atomic mass is 16.5. The third-order valence-corrected chi connectivity index (χ3v) is 2.99. The summed E-state index contributed by atoms with van der Waals surface area (Å²) in [5.41, 5.74) is 1.83. The summed E-state index contributed by atoms with van der Waals surface area (Å²) in [5, 5.41) is 0. The topological polar surface area (TPSA) is 29.5 Å². The lowest BCUT2D eigenvalue weighted by Crippen LogP contribution is -2.32. The van der Waals surface area contributed by atoms with Crippen LogP contribution in [0.3, 0.4) is 0 Å². The van der Waals surface area contributed by atoms with Crippen LogP contribution in [0, 0.1) is 0 Å². The Morgan fingerprint density at radius 3 is 2.88 bits per heavy atom. The monoisotopic (exact) mass is 231 g/mol. The minimum Gasteiger partial charge on any atom is -0.496 e. The third-order valence-electron chi connectivity index (χ3n) is 2.99. The molecule has 1 aliphatic heterocycles. The zero-order chi connectivity index (χ0) is 12.3. The fourth-order valence-electron chi connectivity index (χ4n) is 2.01. The van der Waals surface area contributed by atoms with Gasteiger partial charge in [0.1, 0.15) is 5.75 Å². The van der Waals surface area contributed by atoms with Crippen molar-refractivity contribution in [2.45, 2.75) is 6.42 Å². The van der Waals surface area contributed by atoms with Crippen LogP contribution in [0.15, 0.2) is 29.8 Å². The summed E-state index contributed by atoms with van der Waals surface area (Å²) >= 11 is 0. The Morgan fingerprint density at radius 2 is 2.12 bits per heavy atom. The molecule has 0 aliphatic carbocycles.